The highest BCUT2D eigenvalue weighted by atomic mass is 35.5. The van der Waals surface area contributed by atoms with Crippen LogP contribution >= 0.6 is 35.1 Å². The van der Waals surface area contributed by atoms with Gasteiger partial charge in [0.1, 0.15) is 11.0 Å². The zero-order chi connectivity index (χ0) is 12.5. The first kappa shape index (κ1) is 13.5. The topological polar surface area (TPSA) is 25.8 Å². The Bertz CT molecular complexity index is 398. The highest BCUT2D eigenvalue weighted by molar-refractivity contribution is 8.06. The van der Waals surface area contributed by atoms with Gasteiger partial charge in [-0.05, 0) is 6.07 Å². The minimum absolute atomic E-state index is 0.0216. The van der Waals surface area contributed by atoms with Crippen LogP contribution in [0.4, 0.5) is 0 Å². The standard InChI is InChI=1S/C12H17ClN2S2/c1-12(2,3)9-6-10(13)15-11(14-9)8-7-16-4-5-17-8/h6,8H,4-5,7H2,1-3H3. The van der Waals surface area contributed by atoms with Crippen LogP contribution in [0.1, 0.15) is 37.5 Å². The van der Waals surface area contributed by atoms with Crippen molar-refractivity contribution in [3.63, 3.8) is 0 Å². The molecule has 1 atom stereocenters. The lowest BCUT2D eigenvalue weighted by atomic mass is 9.92. The molecule has 94 valence electrons. The van der Waals surface area contributed by atoms with Gasteiger partial charge in [-0.25, -0.2) is 9.97 Å². The van der Waals surface area contributed by atoms with E-state index in [-0.39, 0.29) is 5.41 Å². The van der Waals surface area contributed by atoms with Crippen LogP contribution in [-0.2, 0) is 5.41 Å². The van der Waals surface area contributed by atoms with Crippen molar-refractivity contribution in [2.75, 3.05) is 17.3 Å². The molecule has 2 rings (SSSR count). The van der Waals surface area contributed by atoms with Crippen LogP contribution in [0, 0.1) is 0 Å². The van der Waals surface area contributed by atoms with Crippen molar-refractivity contribution in [1.29, 1.82) is 0 Å². The molecule has 1 unspecified atom stereocenters. The van der Waals surface area contributed by atoms with Gasteiger partial charge in [-0.15, -0.1) is 11.8 Å². The third-order valence-electron chi connectivity index (χ3n) is 2.58. The largest absolute Gasteiger partial charge is 0.236 e. The summed E-state index contributed by atoms with van der Waals surface area (Å²) in [6.45, 7) is 6.45. The monoisotopic (exact) mass is 288 g/mol. The van der Waals surface area contributed by atoms with Gasteiger partial charge in [0.05, 0.1) is 10.9 Å². The van der Waals surface area contributed by atoms with Gasteiger partial charge in [0, 0.05) is 22.7 Å². The van der Waals surface area contributed by atoms with E-state index >= 15 is 0 Å². The van der Waals surface area contributed by atoms with Gasteiger partial charge in [-0.3, -0.25) is 0 Å². The van der Waals surface area contributed by atoms with Gasteiger partial charge < -0.3 is 0 Å². The Hall–Kier alpha value is 0.0700. The van der Waals surface area contributed by atoms with Crippen LogP contribution in [0.15, 0.2) is 6.07 Å². The molecule has 2 heterocycles. The summed E-state index contributed by atoms with van der Waals surface area (Å²) >= 11 is 10.0. The van der Waals surface area contributed by atoms with Crippen molar-refractivity contribution in [2.45, 2.75) is 31.4 Å². The average Bonchev–Trinajstić information content (AvgIpc) is 2.28. The fraction of sp³-hybridized carbons (Fsp3) is 0.667. The number of hydrogen-bond donors (Lipinski definition) is 0. The Labute approximate surface area is 116 Å². The molecule has 0 amide bonds. The van der Waals surface area contributed by atoms with Gasteiger partial charge in [0.2, 0.25) is 0 Å². The number of aromatic nitrogens is 2. The van der Waals surface area contributed by atoms with E-state index in [0.717, 1.165) is 17.3 Å². The van der Waals surface area contributed by atoms with Crippen molar-refractivity contribution >= 4 is 35.1 Å². The molecular formula is C12H17ClN2S2. The fourth-order valence-electron chi connectivity index (χ4n) is 1.60. The zero-order valence-electron chi connectivity index (χ0n) is 10.4. The van der Waals surface area contributed by atoms with Crippen molar-refractivity contribution < 1.29 is 0 Å². The lowest BCUT2D eigenvalue weighted by Gasteiger charge is -2.23. The number of thioether (sulfide) groups is 2. The molecule has 0 radical (unpaired) electrons. The van der Waals surface area contributed by atoms with E-state index in [4.69, 9.17) is 16.6 Å². The van der Waals surface area contributed by atoms with Crippen molar-refractivity contribution in [3.05, 3.63) is 22.7 Å². The molecule has 0 saturated carbocycles. The molecule has 1 saturated heterocycles. The number of rotatable bonds is 1. The van der Waals surface area contributed by atoms with Crippen LogP contribution < -0.4 is 0 Å². The first-order valence-electron chi connectivity index (χ1n) is 5.71. The van der Waals surface area contributed by atoms with E-state index in [1.54, 1.807) is 0 Å². The van der Waals surface area contributed by atoms with Gasteiger partial charge in [0.15, 0.2) is 0 Å². The molecule has 0 bridgehead atoms. The summed E-state index contributed by atoms with van der Waals surface area (Å²) in [5.41, 5.74) is 1.05. The lowest BCUT2D eigenvalue weighted by Crippen LogP contribution is -2.18. The Morgan fingerprint density at radius 1 is 1.29 bits per heavy atom. The molecule has 1 fully saturated rings. The molecule has 5 heteroatoms. The molecule has 0 N–H and O–H groups in total. The SMILES string of the molecule is CC(C)(C)c1cc(Cl)nc(C2CSCCS2)n1. The molecular weight excluding hydrogens is 272 g/mol. The molecule has 2 nitrogen and oxygen atoms in total. The normalized spacial score (nSPS) is 21.5. The summed E-state index contributed by atoms with van der Waals surface area (Å²) in [7, 11) is 0. The number of hydrogen-bond acceptors (Lipinski definition) is 4. The minimum Gasteiger partial charge on any atom is -0.236 e. The van der Waals surface area contributed by atoms with E-state index in [1.807, 2.05) is 29.6 Å². The maximum absolute atomic E-state index is 6.11. The summed E-state index contributed by atoms with van der Waals surface area (Å²) in [4.78, 5) is 9.09. The second-order valence-corrected chi connectivity index (χ2v) is 7.97. The predicted molar refractivity (Wildman–Crippen MR) is 78.3 cm³/mol. The number of halogens is 1. The van der Waals surface area contributed by atoms with Gasteiger partial charge in [0.25, 0.3) is 0 Å². The van der Waals surface area contributed by atoms with Crippen molar-refractivity contribution in [2.24, 2.45) is 0 Å². The van der Waals surface area contributed by atoms with Gasteiger partial charge >= 0.3 is 0 Å². The fourth-order valence-corrected chi connectivity index (χ4v) is 4.39. The first-order chi connectivity index (χ1) is 7.97. The van der Waals surface area contributed by atoms with Crippen LogP contribution in [0.2, 0.25) is 5.15 Å². The molecule has 17 heavy (non-hydrogen) atoms. The second-order valence-electron chi connectivity index (χ2n) is 5.12. The molecule has 1 aliphatic heterocycles. The highest BCUT2D eigenvalue weighted by Gasteiger charge is 2.23. The first-order valence-corrected chi connectivity index (χ1v) is 8.29. The molecule has 1 aromatic heterocycles. The van der Waals surface area contributed by atoms with Crippen molar-refractivity contribution in [3.8, 4) is 0 Å². The molecule has 0 aliphatic carbocycles. The van der Waals surface area contributed by atoms with Crippen LogP contribution in [0.5, 0.6) is 0 Å². The van der Waals surface area contributed by atoms with Crippen LogP contribution in [0.3, 0.4) is 0 Å². The predicted octanol–water partition coefficient (Wildman–Crippen LogP) is 3.95. The summed E-state index contributed by atoms with van der Waals surface area (Å²) < 4.78 is 0. The second kappa shape index (κ2) is 5.37. The van der Waals surface area contributed by atoms with Crippen molar-refractivity contribution in [1.82, 2.24) is 9.97 Å². The van der Waals surface area contributed by atoms with E-state index in [1.165, 1.54) is 11.5 Å². The van der Waals surface area contributed by atoms with E-state index < -0.39 is 0 Å². The summed E-state index contributed by atoms with van der Waals surface area (Å²) in [6.07, 6.45) is 0. The Morgan fingerprint density at radius 2 is 2.06 bits per heavy atom. The van der Waals surface area contributed by atoms with Gasteiger partial charge in [-0.1, -0.05) is 32.4 Å². The smallest absolute Gasteiger partial charge is 0.144 e. The molecule has 1 aromatic rings. The maximum Gasteiger partial charge on any atom is 0.144 e. The third kappa shape index (κ3) is 3.52. The van der Waals surface area contributed by atoms with E-state index in [0.29, 0.717) is 10.4 Å². The summed E-state index contributed by atoms with van der Waals surface area (Å²) in [5, 5.41) is 0.963. The zero-order valence-corrected chi connectivity index (χ0v) is 12.8. The quantitative estimate of drug-likeness (QED) is 0.731. The Balaban J connectivity index is 2.31. The van der Waals surface area contributed by atoms with E-state index in [9.17, 15) is 0 Å². The number of nitrogens with zero attached hydrogens (tertiary/aromatic N) is 2. The minimum atomic E-state index is 0.0216. The maximum atomic E-state index is 6.11. The van der Waals surface area contributed by atoms with Crippen LogP contribution in [-0.4, -0.2) is 27.2 Å². The highest BCUT2D eigenvalue weighted by Crippen LogP contribution is 2.36. The van der Waals surface area contributed by atoms with Gasteiger partial charge in [-0.2, -0.15) is 11.8 Å². The lowest BCUT2D eigenvalue weighted by molar-refractivity contribution is 0.562. The molecule has 0 aromatic carbocycles. The molecule has 1 aliphatic rings. The summed E-state index contributed by atoms with van der Waals surface area (Å²) in [6, 6.07) is 1.88. The summed E-state index contributed by atoms with van der Waals surface area (Å²) in [5.74, 6) is 4.40. The molecule has 0 spiro atoms. The van der Waals surface area contributed by atoms with Crippen LogP contribution in [0.25, 0.3) is 0 Å². The Morgan fingerprint density at radius 3 is 2.65 bits per heavy atom. The average molecular weight is 289 g/mol. The Kier molecular flexibility index (Phi) is 4.26. The third-order valence-corrected chi connectivity index (χ3v) is 5.53. The van der Waals surface area contributed by atoms with E-state index in [2.05, 4.69) is 25.8 Å².